The molecule has 132 valence electrons. The van der Waals surface area contributed by atoms with E-state index in [0.29, 0.717) is 18.1 Å². The van der Waals surface area contributed by atoms with Gasteiger partial charge < -0.3 is 14.2 Å². The zero-order valence-electron chi connectivity index (χ0n) is 14.4. The van der Waals surface area contributed by atoms with Gasteiger partial charge in [0, 0.05) is 10.0 Å². The summed E-state index contributed by atoms with van der Waals surface area (Å²) in [6.45, 7) is 2.16. The molecule has 2 aromatic rings. The molecule has 0 saturated heterocycles. The molecule has 1 unspecified atom stereocenters. The molecule has 3 rings (SSSR count). The number of ether oxygens (including phenoxy) is 3. The lowest BCUT2D eigenvalue weighted by atomic mass is 10.1. The standard InChI is InChI=1S/C20H21BrO4/c1-3-24-20(22)11-14-10-16(23-2)7-9-18(14)25-19-8-5-13-4-6-15(21)12-17(13)19/h4,6-7,9-10,12,19H,3,5,8,11H2,1-2H3. The molecule has 1 aliphatic carbocycles. The van der Waals surface area contributed by atoms with Crippen LogP contribution in [-0.4, -0.2) is 19.7 Å². The number of hydrogen-bond donors (Lipinski definition) is 0. The van der Waals surface area contributed by atoms with E-state index in [-0.39, 0.29) is 18.5 Å². The molecule has 1 atom stereocenters. The van der Waals surface area contributed by atoms with Crippen LogP contribution < -0.4 is 9.47 Å². The van der Waals surface area contributed by atoms with E-state index in [2.05, 4.69) is 34.1 Å². The average molecular weight is 405 g/mol. The van der Waals surface area contributed by atoms with E-state index < -0.39 is 0 Å². The molecule has 2 aromatic carbocycles. The predicted molar refractivity (Wildman–Crippen MR) is 99.2 cm³/mol. The summed E-state index contributed by atoms with van der Waals surface area (Å²) in [5.41, 5.74) is 3.29. The van der Waals surface area contributed by atoms with Crippen LogP contribution in [-0.2, 0) is 22.4 Å². The van der Waals surface area contributed by atoms with E-state index in [4.69, 9.17) is 14.2 Å². The van der Waals surface area contributed by atoms with Gasteiger partial charge in [0.15, 0.2) is 0 Å². The van der Waals surface area contributed by atoms with Gasteiger partial charge in [0.05, 0.1) is 20.1 Å². The number of halogens is 1. The van der Waals surface area contributed by atoms with Gasteiger partial charge >= 0.3 is 5.97 Å². The van der Waals surface area contributed by atoms with Crippen LogP contribution in [0.2, 0.25) is 0 Å². The highest BCUT2D eigenvalue weighted by Crippen LogP contribution is 2.38. The quantitative estimate of drug-likeness (QED) is 0.658. The third kappa shape index (κ3) is 4.15. The van der Waals surface area contributed by atoms with Crippen LogP contribution in [0, 0.1) is 0 Å². The first kappa shape index (κ1) is 17.8. The predicted octanol–water partition coefficient (Wildman–Crippen LogP) is 4.63. The van der Waals surface area contributed by atoms with Crippen LogP contribution in [0.3, 0.4) is 0 Å². The Morgan fingerprint density at radius 3 is 2.84 bits per heavy atom. The SMILES string of the molecule is CCOC(=O)Cc1cc(OC)ccc1OC1CCc2ccc(Br)cc21. The number of methoxy groups -OCH3 is 1. The van der Waals surface area contributed by atoms with Crippen molar-refractivity contribution in [2.45, 2.75) is 32.3 Å². The van der Waals surface area contributed by atoms with Gasteiger partial charge in [0.25, 0.3) is 0 Å². The highest BCUT2D eigenvalue weighted by Gasteiger charge is 2.25. The largest absolute Gasteiger partial charge is 0.497 e. The lowest BCUT2D eigenvalue weighted by molar-refractivity contribution is -0.142. The Labute approximate surface area is 156 Å². The van der Waals surface area contributed by atoms with Crippen LogP contribution in [0.5, 0.6) is 11.5 Å². The van der Waals surface area contributed by atoms with E-state index in [9.17, 15) is 4.79 Å². The maximum absolute atomic E-state index is 11.9. The second kappa shape index (κ2) is 7.91. The second-order valence-electron chi connectivity index (χ2n) is 5.94. The molecule has 0 radical (unpaired) electrons. The number of hydrogen-bond acceptors (Lipinski definition) is 4. The van der Waals surface area contributed by atoms with E-state index in [0.717, 1.165) is 22.9 Å². The minimum Gasteiger partial charge on any atom is -0.497 e. The first-order chi connectivity index (χ1) is 12.1. The topological polar surface area (TPSA) is 44.8 Å². The molecule has 0 heterocycles. The fourth-order valence-corrected chi connectivity index (χ4v) is 3.49. The van der Waals surface area contributed by atoms with Crippen molar-refractivity contribution in [1.29, 1.82) is 0 Å². The lowest BCUT2D eigenvalue weighted by Crippen LogP contribution is -2.11. The third-order valence-corrected chi connectivity index (χ3v) is 4.80. The Hall–Kier alpha value is -2.01. The van der Waals surface area contributed by atoms with Crippen molar-refractivity contribution in [3.63, 3.8) is 0 Å². The van der Waals surface area contributed by atoms with Gasteiger partial charge in [-0.2, -0.15) is 0 Å². The van der Waals surface area contributed by atoms with Crippen LogP contribution in [0.1, 0.15) is 36.1 Å². The second-order valence-corrected chi connectivity index (χ2v) is 6.86. The number of carbonyl (C=O) groups excluding carboxylic acids is 1. The normalized spacial score (nSPS) is 15.6. The van der Waals surface area contributed by atoms with E-state index >= 15 is 0 Å². The third-order valence-electron chi connectivity index (χ3n) is 4.31. The van der Waals surface area contributed by atoms with E-state index in [1.165, 1.54) is 11.1 Å². The van der Waals surface area contributed by atoms with Crippen molar-refractivity contribution in [3.8, 4) is 11.5 Å². The summed E-state index contributed by atoms with van der Waals surface area (Å²) < 4.78 is 17.7. The summed E-state index contributed by atoms with van der Waals surface area (Å²) in [5, 5.41) is 0. The van der Waals surface area contributed by atoms with Crippen LogP contribution in [0.15, 0.2) is 40.9 Å². The molecule has 1 aliphatic rings. The number of fused-ring (bicyclic) bond motifs is 1. The van der Waals surface area contributed by atoms with Crippen LogP contribution >= 0.6 is 15.9 Å². The summed E-state index contributed by atoms with van der Waals surface area (Å²) in [7, 11) is 1.61. The minimum atomic E-state index is -0.268. The molecule has 0 aromatic heterocycles. The summed E-state index contributed by atoms with van der Waals surface area (Å²) in [4.78, 5) is 11.9. The molecule has 0 aliphatic heterocycles. The Morgan fingerprint density at radius 1 is 1.24 bits per heavy atom. The van der Waals surface area contributed by atoms with Crippen molar-refractivity contribution in [3.05, 3.63) is 57.6 Å². The smallest absolute Gasteiger partial charge is 0.310 e. The molecule has 4 nitrogen and oxygen atoms in total. The zero-order chi connectivity index (χ0) is 17.8. The molecule has 25 heavy (non-hydrogen) atoms. The first-order valence-corrected chi connectivity index (χ1v) is 9.17. The van der Waals surface area contributed by atoms with Crippen molar-refractivity contribution >= 4 is 21.9 Å². The van der Waals surface area contributed by atoms with Crippen molar-refractivity contribution in [1.82, 2.24) is 0 Å². The van der Waals surface area contributed by atoms with Crippen molar-refractivity contribution in [2.75, 3.05) is 13.7 Å². The van der Waals surface area contributed by atoms with Crippen molar-refractivity contribution < 1.29 is 19.0 Å². The van der Waals surface area contributed by atoms with Crippen LogP contribution in [0.4, 0.5) is 0 Å². The number of aryl methyl sites for hydroxylation is 1. The molecular weight excluding hydrogens is 384 g/mol. The number of benzene rings is 2. The van der Waals surface area contributed by atoms with Crippen LogP contribution in [0.25, 0.3) is 0 Å². The highest BCUT2D eigenvalue weighted by molar-refractivity contribution is 9.10. The Bertz CT molecular complexity index is 772. The number of esters is 1. The summed E-state index contributed by atoms with van der Waals surface area (Å²) >= 11 is 3.53. The molecular formula is C20H21BrO4. The Morgan fingerprint density at radius 2 is 2.08 bits per heavy atom. The first-order valence-electron chi connectivity index (χ1n) is 8.38. The van der Waals surface area contributed by atoms with Gasteiger partial charge in [-0.05, 0) is 61.2 Å². The van der Waals surface area contributed by atoms with Gasteiger partial charge in [-0.25, -0.2) is 0 Å². The summed E-state index contributed by atoms with van der Waals surface area (Å²) in [6, 6.07) is 11.9. The Kier molecular flexibility index (Phi) is 5.63. The van der Waals surface area contributed by atoms with E-state index in [1.54, 1.807) is 14.0 Å². The van der Waals surface area contributed by atoms with Gasteiger partial charge in [-0.1, -0.05) is 22.0 Å². The van der Waals surface area contributed by atoms with Gasteiger partial charge in [-0.15, -0.1) is 0 Å². The Balaban J connectivity index is 1.85. The summed E-state index contributed by atoms with van der Waals surface area (Å²) in [5.74, 6) is 1.13. The highest BCUT2D eigenvalue weighted by atomic mass is 79.9. The zero-order valence-corrected chi connectivity index (χ0v) is 16.0. The maximum atomic E-state index is 11.9. The maximum Gasteiger partial charge on any atom is 0.310 e. The average Bonchev–Trinajstić information content (AvgIpc) is 2.98. The van der Waals surface area contributed by atoms with Gasteiger partial charge in [-0.3, -0.25) is 4.79 Å². The summed E-state index contributed by atoms with van der Waals surface area (Å²) in [6.07, 6.45) is 2.08. The minimum absolute atomic E-state index is 0.0122. The number of rotatable bonds is 6. The molecule has 0 amide bonds. The fraction of sp³-hybridized carbons (Fsp3) is 0.350. The molecule has 0 spiro atoms. The molecule has 0 saturated carbocycles. The van der Waals surface area contributed by atoms with Crippen molar-refractivity contribution in [2.24, 2.45) is 0 Å². The molecule has 0 fully saturated rings. The molecule has 5 heteroatoms. The van der Waals surface area contributed by atoms with Gasteiger partial charge in [0.1, 0.15) is 17.6 Å². The molecule has 0 N–H and O–H groups in total. The fourth-order valence-electron chi connectivity index (χ4n) is 3.11. The molecule has 0 bridgehead atoms. The van der Waals surface area contributed by atoms with E-state index in [1.807, 2.05) is 18.2 Å². The lowest BCUT2D eigenvalue weighted by Gasteiger charge is -2.18. The van der Waals surface area contributed by atoms with Gasteiger partial charge in [0.2, 0.25) is 0 Å². The monoisotopic (exact) mass is 404 g/mol. The number of carbonyl (C=O) groups is 1.